The van der Waals surface area contributed by atoms with Crippen LogP contribution in [0.2, 0.25) is 0 Å². The summed E-state index contributed by atoms with van der Waals surface area (Å²) in [5.74, 6) is 1.75. The van der Waals surface area contributed by atoms with Gasteiger partial charge in [0.1, 0.15) is 5.82 Å². The molecule has 0 N–H and O–H groups in total. The van der Waals surface area contributed by atoms with E-state index < -0.39 is 11.8 Å². The summed E-state index contributed by atoms with van der Waals surface area (Å²) in [6.07, 6.45) is 7.21. The molecule has 6 nitrogen and oxygen atoms in total. The number of para-hydroxylation sites is 2. The number of benzene rings is 5. The first-order chi connectivity index (χ1) is 27.8. The van der Waals surface area contributed by atoms with E-state index in [0.717, 1.165) is 55.5 Å². The number of pyridine rings is 2. The molecule has 0 atom stereocenters. The van der Waals surface area contributed by atoms with Crippen LogP contribution < -0.4 is 9.30 Å². The van der Waals surface area contributed by atoms with Crippen LogP contribution in [0.25, 0.3) is 61.2 Å². The summed E-state index contributed by atoms with van der Waals surface area (Å²) >= 11 is 0. The Hall–Kier alpha value is -5.84. The second-order valence-corrected chi connectivity index (χ2v) is 16.2. The van der Waals surface area contributed by atoms with Crippen molar-refractivity contribution in [1.29, 1.82) is 0 Å². The first kappa shape index (κ1) is 35.6. The summed E-state index contributed by atoms with van der Waals surface area (Å²) in [6, 6.07) is 47.9. The molecule has 9 aromatic rings. The standard InChI is InChI=1S/C50H43N5O.Pt/c1-49(2,3)30-34-13-12-16-38(25-34)53-33-54(46-18-11-10-17-45(46)53)39-28-41(32-51-31-39)56-40-20-21-42-43-26-36(35-14-8-7-9-15-35)19-22-44(43)55(47(42)29-40)48-27-37(23-24-52-48)50(4,5)6;/h7-27,31-32H,30H2,1-6H3;/q-2;/i30D2;. The monoisotopic (exact) mass is 926 g/mol. The summed E-state index contributed by atoms with van der Waals surface area (Å²) in [5, 5.41) is 2.14. The normalized spacial score (nSPS) is 12.7. The molecule has 0 amide bonds. The van der Waals surface area contributed by atoms with Crippen molar-refractivity contribution >= 4 is 32.8 Å². The van der Waals surface area contributed by atoms with Gasteiger partial charge in [-0.05, 0) is 81.5 Å². The number of hydrogen-bond donors (Lipinski definition) is 0. The zero-order chi connectivity index (χ0) is 40.4. The Balaban J connectivity index is 0.00000484. The summed E-state index contributed by atoms with van der Waals surface area (Å²) in [4.78, 5) is 9.44. The molecule has 0 aliphatic rings. The van der Waals surface area contributed by atoms with E-state index in [2.05, 4.69) is 109 Å². The van der Waals surface area contributed by atoms with Gasteiger partial charge in [0.05, 0.1) is 16.7 Å². The van der Waals surface area contributed by atoms with E-state index in [4.69, 9.17) is 12.5 Å². The molecule has 5 aromatic carbocycles. The molecule has 0 unspecified atom stereocenters. The maximum absolute atomic E-state index is 8.90. The van der Waals surface area contributed by atoms with E-state index in [0.29, 0.717) is 22.7 Å². The van der Waals surface area contributed by atoms with Crippen LogP contribution in [0.1, 0.15) is 55.4 Å². The molecule has 286 valence electrons. The van der Waals surface area contributed by atoms with Crippen molar-refractivity contribution in [2.24, 2.45) is 5.41 Å². The van der Waals surface area contributed by atoms with Crippen molar-refractivity contribution < 1.29 is 33.1 Å². The number of fused-ring (bicyclic) bond motifs is 4. The Morgan fingerprint density at radius 2 is 1.53 bits per heavy atom. The van der Waals surface area contributed by atoms with Crippen LogP contribution in [0.5, 0.6) is 11.5 Å². The van der Waals surface area contributed by atoms with E-state index in [1.807, 2.05) is 96.8 Å². The number of nitrogens with zero attached hydrogens (tertiary/aromatic N) is 5. The van der Waals surface area contributed by atoms with Gasteiger partial charge in [0.25, 0.3) is 6.33 Å². The zero-order valence-electron chi connectivity index (χ0n) is 34.7. The molecule has 4 aromatic heterocycles. The number of hydrogen-bond acceptors (Lipinski definition) is 3. The van der Waals surface area contributed by atoms with Crippen LogP contribution in [0.4, 0.5) is 0 Å². The summed E-state index contributed by atoms with van der Waals surface area (Å²) in [7, 11) is 0. The molecular weight excluding hydrogens is 882 g/mol. The van der Waals surface area contributed by atoms with Gasteiger partial charge in [-0.15, -0.1) is 23.6 Å². The molecule has 9 rings (SSSR count). The quantitative estimate of drug-likeness (QED) is 0.118. The van der Waals surface area contributed by atoms with Gasteiger partial charge >= 0.3 is 0 Å². The maximum atomic E-state index is 8.90. The first-order valence-corrected chi connectivity index (χ1v) is 18.9. The van der Waals surface area contributed by atoms with Crippen LogP contribution in [-0.2, 0) is 32.9 Å². The Labute approximate surface area is 351 Å². The van der Waals surface area contributed by atoms with Gasteiger partial charge in [-0.2, -0.15) is 6.07 Å². The molecule has 0 spiro atoms. The first-order valence-electron chi connectivity index (χ1n) is 19.9. The second kappa shape index (κ2) is 14.9. The SMILES string of the molecule is [2H]C([2H])(c1cccc(-[n+]2[c-]n(-c3[c-]c(Oc4[c-]c5c(cc4)c4cc(-c6ccccc6)ccc4n5-c4cc(C(C)(C)C)ccn4)cnc3)c3ccccc32)c1)C(C)(C)C.[Pt]. The van der Waals surface area contributed by atoms with Gasteiger partial charge in [0, 0.05) is 47.0 Å². The van der Waals surface area contributed by atoms with Gasteiger partial charge < -0.3 is 18.9 Å². The molecule has 0 aliphatic heterocycles. The Morgan fingerprint density at radius 1 is 0.719 bits per heavy atom. The van der Waals surface area contributed by atoms with Crippen molar-refractivity contribution in [1.82, 2.24) is 19.1 Å². The molecule has 0 aliphatic carbocycles. The van der Waals surface area contributed by atoms with Gasteiger partial charge in [0.15, 0.2) is 0 Å². The third-order valence-corrected chi connectivity index (χ3v) is 9.89. The van der Waals surface area contributed by atoms with E-state index in [1.165, 1.54) is 5.56 Å². The minimum atomic E-state index is -1.54. The third kappa shape index (κ3) is 7.55. The number of imidazole rings is 1. The van der Waals surface area contributed by atoms with Gasteiger partial charge in [-0.25, -0.2) is 4.98 Å². The van der Waals surface area contributed by atoms with Crippen molar-refractivity contribution in [3.05, 3.63) is 170 Å². The molecule has 0 radical (unpaired) electrons. The number of rotatable bonds is 7. The second-order valence-electron chi connectivity index (χ2n) is 16.2. The van der Waals surface area contributed by atoms with Crippen LogP contribution in [0, 0.1) is 23.9 Å². The third-order valence-electron chi connectivity index (χ3n) is 9.89. The fourth-order valence-corrected chi connectivity index (χ4v) is 7.28. The maximum Gasteiger partial charge on any atom is 0.268 e. The molecule has 0 fully saturated rings. The summed E-state index contributed by atoms with van der Waals surface area (Å²) in [5.41, 5.74) is 8.55. The largest absolute Gasteiger partial charge is 0.508 e. The predicted molar refractivity (Wildman–Crippen MR) is 225 cm³/mol. The van der Waals surface area contributed by atoms with Crippen LogP contribution >= 0.6 is 0 Å². The Morgan fingerprint density at radius 3 is 2.33 bits per heavy atom. The van der Waals surface area contributed by atoms with Crippen molar-refractivity contribution in [2.45, 2.75) is 53.3 Å². The zero-order valence-corrected chi connectivity index (χ0v) is 35.0. The summed E-state index contributed by atoms with van der Waals surface area (Å²) < 4.78 is 30.3. The smallest absolute Gasteiger partial charge is 0.268 e. The van der Waals surface area contributed by atoms with E-state index >= 15 is 0 Å². The van der Waals surface area contributed by atoms with E-state index in [1.54, 1.807) is 12.4 Å². The predicted octanol–water partition coefficient (Wildman–Crippen LogP) is 11.5. The van der Waals surface area contributed by atoms with E-state index in [9.17, 15) is 0 Å². The molecule has 4 heterocycles. The molecule has 7 heteroatoms. The molecule has 0 bridgehead atoms. The number of ether oxygens (including phenoxy) is 1. The fourth-order valence-electron chi connectivity index (χ4n) is 7.28. The van der Waals surface area contributed by atoms with Crippen LogP contribution in [-0.4, -0.2) is 19.1 Å². The van der Waals surface area contributed by atoms with Gasteiger partial charge in [-0.1, -0.05) is 138 Å². The van der Waals surface area contributed by atoms with Crippen molar-refractivity contribution in [3.8, 4) is 39.8 Å². The molecule has 57 heavy (non-hydrogen) atoms. The van der Waals surface area contributed by atoms with E-state index in [-0.39, 0.29) is 26.5 Å². The van der Waals surface area contributed by atoms with Crippen molar-refractivity contribution in [2.75, 3.05) is 0 Å². The molecule has 0 saturated carbocycles. The Bertz CT molecular complexity index is 2990. The minimum Gasteiger partial charge on any atom is -0.508 e. The Kier molecular flexibility index (Phi) is 9.30. The minimum absolute atomic E-state index is 0. The van der Waals surface area contributed by atoms with Crippen LogP contribution in [0.3, 0.4) is 0 Å². The average Bonchev–Trinajstić information content (AvgIpc) is 3.76. The molecule has 0 saturated heterocycles. The van der Waals surface area contributed by atoms with Crippen LogP contribution in [0.15, 0.2) is 140 Å². The average molecular weight is 927 g/mol. The summed E-state index contributed by atoms with van der Waals surface area (Å²) in [6.45, 7) is 12.4. The van der Waals surface area contributed by atoms with Gasteiger partial charge in [0.2, 0.25) is 0 Å². The van der Waals surface area contributed by atoms with Crippen molar-refractivity contribution in [3.63, 3.8) is 0 Å². The molecular formula is C50H43N5OPt-2. The topological polar surface area (TPSA) is 48.8 Å². The fraction of sp³-hybridized carbons (Fsp3) is 0.180. The number of aromatic nitrogens is 5. The van der Waals surface area contributed by atoms with Gasteiger partial charge in [-0.3, -0.25) is 4.57 Å².